The molecule has 1 saturated heterocycles. The Labute approximate surface area is 214 Å². The van der Waals surface area contributed by atoms with Gasteiger partial charge in [-0.1, -0.05) is 13.3 Å². The smallest absolute Gasteiger partial charge is 0.381 e. The van der Waals surface area contributed by atoms with Crippen molar-refractivity contribution in [2.45, 2.75) is 82.9 Å². The first kappa shape index (κ1) is 28.2. The van der Waals surface area contributed by atoms with Gasteiger partial charge in [-0.25, -0.2) is 0 Å². The van der Waals surface area contributed by atoms with Crippen molar-refractivity contribution in [1.82, 2.24) is 10.2 Å². The van der Waals surface area contributed by atoms with Crippen molar-refractivity contribution in [3.8, 4) is 0 Å². The third-order valence-corrected chi connectivity index (χ3v) is 8.47. The van der Waals surface area contributed by atoms with Crippen LogP contribution in [0.5, 0.6) is 0 Å². The summed E-state index contributed by atoms with van der Waals surface area (Å²) in [7, 11) is 2.13. The quantitative estimate of drug-likeness (QED) is 0.399. The van der Waals surface area contributed by atoms with Crippen molar-refractivity contribution >= 4 is 5.91 Å². The Morgan fingerprint density at radius 2 is 1.68 bits per heavy atom. The molecule has 3 unspecified atom stereocenters. The third-order valence-electron chi connectivity index (χ3n) is 8.47. The van der Waals surface area contributed by atoms with Gasteiger partial charge in [-0.2, -0.15) is 26.3 Å². The van der Waals surface area contributed by atoms with Gasteiger partial charge in [0.25, 0.3) is 0 Å². The number of ether oxygens (including phenoxy) is 1. The zero-order valence-corrected chi connectivity index (χ0v) is 21.3. The highest BCUT2D eigenvalue weighted by molar-refractivity contribution is 5.79. The Bertz CT molecular complexity index is 914. The molecule has 0 aromatic heterocycles. The van der Waals surface area contributed by atoms with E-state index in [4.69, 9.17) is 4.74 Å². The minimum atomic E-state index is -4.92. The highest BCUT2D eigenvalue weighted by Gasteiger charge is 2.45. The van der Waals surface area contributed by atoms with Crippen LogP contribution in [0.15, 0.2) is 18.2 Å². The van der Waals surface area contributed by atoms with Crippen LogP contribution in [0.1, 0.15) is 68.6 Å². The van der Waals surface area contributed by atoms with E-state index in [0.29, 0.717) is 36.4 Å². The fraction of sp³-hybridized carbons (Fsp3) is 0.741. The molecular formula is C27H36F6N2O2. The van der Waals surface area contributed by atoms with Gasteiger partial charge in [-0.15, -0.1) is 0 Å². The molecule has 1 aromatic rings. The van der Waals surface area contributed by atoms with Crippen LogP contribution >= 0.6 is 0 Å². The van der Waals surface area contributed by atoms with E-state index in [0.717, 1.165) is 38.9 Å². The van der Waals surface area contributed by atoms with Crippen molar-refractivity contribution in [1.29, 1.82) is 0 Å². The SMILES string of the molecule is CCCC1C[C@@H](N(C)C2CCOCC2C2CC2)C[C@H]1C(=O)NCc1cc(C(F)(F)F)cc(C(F)(F)F)c1. The summed E-state index contributed by atoms with van der Waals surface area (Å²) in [6.45, 7) is 3.16. The predicted octanol–water partition coefficient (Wildman–Crippen LogP) is 6.28. The van der Waals surface area contributed by atoms with Crippen LogP contribution in [0.25, 0.3) is 0 Å². The van der Waals surface area contributed by atoms with E-state index < -0.39 is 23.5 Å². The lowest BCUT2D eigenvalue weighted by Gasteiger charge is -2.41. The van der Waals surface area contributed by atoms with Crippen LogP contribution < -0.4 is 5.32 Å². The Balaban J connectivity index is 1.44. The molecule has 4 nitrogen and oxygen atoms in total. The van der Waals surface area contributed by atoms with Gasteiger partial charge in [0, 0.05) is 37.1 Å². The summed E-state index contributed by atoms with van der Waals surface area (Å²) in [4.78, 5) is 15.6. The zero-order chi connectivity index (χ0) is 27.0. The third kappa shape index (κ3) is 6.80. The number of nitrogens with one attached hydrogen (secondary N) is 1. The molecular weight excluding hydrogens is 498 g/mol. The number of carbonyl (C=O) groups is 1. The van der Waals surface area contributed by atoms with E-state index in [-0.39, 0.29) is 42.0 Å². The largest absolute Gasteiger partial charge is 0.416 e. The average Bonchev–Trinajstić information content (AvgIpc) is 3.61. The van der Waals surface area contributed by atoms with Crippen molar-refractivity contribution in [2.75, 3.05) is 20.3 Å². The molecule has 5 atom stereocenters. The van der Waals surface area contributed by atoms with Gasteiger partial charge in [0.05, 0.1) is 17.7 Å². The van der Waals surface area contributed by atoms with Crippen LogP contribution in [-0.4, -0.2) is 43.2 Å². The molecule has 2 aliphatic carbocycles. The first-order valence-electron chi connectivity index (χ1n) is 13.2. The maximum Gasteiger partial charge on any atom is 0.416 e. The van der Waals surface area contributed by atoms with Crippen molar-refractivity contribution < 1.29 is 35.9 Å². The van der Waals surface area contributed by atoms with Gasteiger partial charge in [0.15, 0.2) is 0 Å². The van der Waals surface area contributed by atoms with Gasteiger partial charge >= 0.3 is 12.4 Å². The predicted molar refractivity (Wildman–Crippen MR) is 126 cm³/mol. The summed E-state index contributed by atoms with van der Waals surface area (Å²) in [5, 5.41) is 2.65. The number of hydrogen-bond acceptors (Lipinski definition) is 3. The van der Waals surface area contributed by atoms with E-state index in [1.807, 2.05) is 0 Å². The summed E-state index contributed by atoms with van der Waals surface area (Å²) in [6, 6.07) is 2.06. The molecule has 0 bridgehead atoms. The van der Waals surface area contributed by atoms with Crippen LogP contribution in [0.4, 0.5) is 26.3 Å². The lowest BCUT2D eigenvalue weighted by atomic mass is 9.89. The molecule has 1 N–H and O–H groups in total. The van der Waals surface area contributed by atoms with E-state index >= 15 is 0 Å². The molecule has 208 valence electrons. The minimum absolute atomic E-state index is 0.102. The maximum atomic E-state index is 13.2. The fourth-order valence-electron chi connectivity index (χ4n) is 6.38. The van der Waals surface area contributed by atoms with Crippen LogP contribution in [0, 0.1) is 23.7 Å². The van der Waals surface area contributed by atoms with Crippen LogP contribution in [-0.2, 0) is 28.4 Å². The van der Waals surface area contributed by atoms with Crippen LogP contribution in [0.3, 0.4) is 0 Å². The lowest BCUT2D eigenvalue weighted by molar-refractivity contribution is -0.143. The molecule has 1 heterocycles. The highest BCUT2D eigenvalue weighted by atomic mass is 19.4. The van der Waals surface area contributed by atoms with Crippen molar-refractivity contribution in [3.05, 3.63) is 34.9 Å². The number of carbonyl (C=O) groups excluding carboxylic acids is 1. The van der Waals surface area contributed by atoms with E-state index in [1.165, 1.54) is 12.8 Å². The van der Waals surface area contributed by atoms with Gasteiger partial charge < -0.3 is 10.1 Å². The number of amides is 1. The fourth-order valence-corrected chi connectivity index (χ4v) is 6.38. The summed E-state index contributed by atoms with van der Waals surface area (Å²) >= 11 is 0. The number of halogens is 6. The summed E-state index contributed by atoms with van der Waals surface area (Å²) in [5.41, 5.74) is -2.97. The van der Waals surface area contributed by atoms with Gasteiger partial charge in [0.2, 0.25) is 5.91 Å². The van der Waals surface area contributed by atoms with E-state index in [2.05, 4.69) is 24.2 Å². The summed E-state index contributed by atoms with van der Waals surface area (Å²) in [5.74, 6) is 0.711. The molecule has 2 saturated carbocycles. The molecule has 3 fully saturated rings. The van der Waals surface area contributed by atoms with Crippen molar-refractivity contribution in [3.63, 3.8) is 0 Å². The standard InChI is InChI=1S/C27H36F6N2O2/c1-3-4-18-11-21(35(2)24-7-8-37-15-23(24)17-5-6-17)13-22(18)25(36)34-14-16-9-19(26(28,29)30)12-20(10-16)27(31,32)33/h9-10,12,17-18,21-24H,3-8,11,13-15H2,1-2H3,(H,34,36)/t18?,21-,22-,23?,24?/m1/s1. The summed E-state index contributed by atoms with van der Waals surface area (Å²) in [6.07, 6.45) is -3.16. The highest BCUT2D eigenvalue weighted by Crippen LogP contribution is 2.45. The Morgan fingerprint density at radius 1 is 1.03 bits per heavy atom. The second-order valence-corrected chi connectivity index (χ2v) is 11.0. The average molecular weight is 535 g/mol. The monoisotopic (exact) mass is 534 g/mol. The molecule has 0 radical (unpaired) electrons. The zero-order valence-electron chi connectivity index (χ0n) is 21.3. The molecule has 3 aliphatic rings. The van der Waals surface area contributed by atoms with Gasteiger partial charge in [-0.05, 0) is 81.2 Å². The molecule has 10 heteroatoms. The second kappa shape index (κ2) is 11.1. The lowest BCUT2D eigenvalue weighted by Crippen LogP contribution is -2.48. The number of rotatable bonds is 8. The topological polar surface area (TPSA) is 41.6 Å². The van der Waals surface area contributed by atoms with E-state index in [9.17, 15) is 31.1 Å². The number of nitrogens with zero attached hydrogens (tertiary/aromatic N) is 1. The first-order chi connectivity index (χ1) is 17.4. The van der Waals surface area contributed by atoms with Gasteiger partial charge in [-0.3, -0.25) is 9.69 Å². The first-order valence-corrected chi connectivity index (χ1v) is 13.2. The molecule has 4 rings (SSSR count). The molecule has 1 amide bonds. The van der Waals surface area contributed by atoms with Crippen molar-refractivity contribution in [2.24, 2.45) is 23.7 Å². The molecule has 1 aromatic carbocycles. The second-order valence-electron chi connectivity index (χ2n) is 11.0. The van der Waals surface area contributed by atoms with Crippen LogP contribution in [0.2, 0.25) is 0 Å². The molecule has 0 spiro atoms. The molecule has 1 aliphatic heterocycles. The number of hydrogen-bond donors (Lipinski definition) is 1. The molecule has 37 heavy (non-hydrogen) atoms. The van der Waals surface area contributed by atoms with E-state index in [1.54, 1.807) is 0 Å². The van der Waals surface area contributed by atoms with Gasteiger partial charge in [0.1, 0.15) is 0 Å². The Kier molecular flexibility index (Phi) is 8.48. The minimum Gasteiger partial charge on any atom is -0.381 e. The maximum absolute atomic E-state index is 13.2. The Morgan fingerprint density at radius 3 is 2.24 bits per heavy atom. The Hall–Kier alpha value is -1.81. The normalized spacial score (nSPS) is 29.1. The number of benzene rings is 1. The summed E-state index contributed by atoms with van der Waals surface area (Å²) < 4.78 is 85.0. The number of alkyl halides is 6.